The zero-order valence-corrected chi connectivity index (χ0v) is 9.41. The SMILES string of the molecule is Nc1cnccc1C(=O)c1ccc(F)c(Cl)c1. The molecule has 86 valence electrons. The van der Waals surface area contributed by atoms with E-state index in [-0.39, 0.29) is 22.1 Å². The monoisotopic (exact) mass is 250 g/mol. The number of nitrogen functional groups attached to an aromatic ring is 1. The van der Waals surface area contributed by atoms with E-state index in [4.69, 9.17) is 17.3 Å². The molecule has 2 N–H and O–H groups in total. The van der Waals surface area contributed by atoms with Crippen molar-refractivity contribution in [1.29, 1.82) is 0 Å². The van der Waals surface area contributed by atoms with Crippen molar-refractivity contribution < 1.29 is 9.18 Å². The van der Waals surface area contributed by atoms with E-state index in [1.807, 2.05) is 0 Å². The topological polar surface area (TPSA) is 56.0 Å². The summed E-state index contributed by atoms with van der Waals surface area (Å²) in [7, 11) is 0. The normalized spacial score (nSPS) is 10.2. The quantitative estimate of drug-likeness (QED) is 0.834. The van der Waals surface area contributed by atoms with Crippen molar-refractivity contribution in [2.24, 2.45) is 0 Å². The number of nitrogens with zero attached hydrogens (tertiary/aromatic N) is 1. The first-order chi connectivity index (χ1) is 8.09. The zero-order valence-electron chi connectivity index (χ0n) is 8.65. The van der Waals surface area contributed by atoms with Crippen molar-refractivity contribution in [3.63, 3.8) is 0 Å². The van der Waals surface area contributed by atoms with Gasteiger partial charge in [-0.3, -0.25) is 9.78 Å². The van der Waals surface area contributed by atoms with Gasteiger partial charge in [0.1, 0.15) is 5.82 Å². The fourth-order valence-electron chi connectivity index (χ4n) is 1.41. The average molecular weight is 251 g/mol. The molecule has 5 heteroatoms. The molecule has 0 aliphatic rings. The second-order valence-corrected chi connectivity index (χ2v) is 3.83. The van der Waals surface area contributed by atoms with Crippen LogP contribution >= 0.6 is 11.6 Å². The number of ketones is 1. The molecule has 0 bridgehead atoms. The van der Waals surface area contributed by atoms with E-state index in [1.165, 1.54) is 30.6 Å². The van der Waals surface area contributed by atoms with Crippen LogP contribution in [0.5, 0.6) is 0 Å². The largest absolute Gasteiger partial charge is 0.397 e. The van der Waals surface area contributed by atoms with Crippen LogP contribution in [0.3, 0.4) is 0 Å². The summed E-state index contributed by atoms with van der Waals surface area (Å²) in [4.78, 5) is 15.8. The smallest absolute Gasteiger partial charge is 0.195 e. The molecule has 2 aromatic rings. The fraction of sp³-hybridized carbons (Fsp3) is 0. The minimum atomic E-state index is -0.564. The number of aromatic nitrogens is 1. The van der Waals surface area contributed by atoms with E-state index in [1.54, 1.807) is 0 Å². The molecule has 3 nitrogen and oxygen atoms in total. The molecule has 0 saturated carbocycles. The molecular weight excluding hydrogens is 243 g/mol. The lowest BCUT2D eigenvalue weighted by Gasteiger charge is -2.04. The molecule has 0 unspecified atom stereocenters. The van der Waals surface area contributed by atoms with Crippen molar-refractivity contribution in [1.82, 2.24) is 4.98 Å². The second-order valence-electron chi connectivity index (χ2n) is 3.42. The Balaban J connectivity index is 2.44. The number of hydrogen-bond acceptors (Lipinski definition) is 3. The maximum absolute atomic E-state index is 13.0. The maximum Gasteiger partial charge on any atom is 0.195 e. The number of nitrogens with two attached hydrogens (primary N) is 1. The van der Waals surface area contributed by atoms with Gasteiger partial charge in [-0.2, -0.15) is 0 Å². The summed E-state index contributed by atoms with van der Waals surface area (Å²) in [5, 5.41) is -0.0940. The van der Waals surface area contributed by atoms with Gasteiger partial charge in [-0.05, 0) is 24.3 Å². The molecule has 0 saturated heterocycles. The van der Waals surface area contributed by atoms with Gasteiger partial charge in [-0.15, -0.1) is 0 Å². The van der Waals surface area contributed by atoms with Crippen LogP contribution in [0.1, 0.15) is 15.9 Å². The van der Waals surface area contributed by atoms with Crippen LogP contribution < -0.4 is 5.73 Å². The predicted molar refractivity (Wildman–Crippen MR) is 63.5 cm³/mol. The van der Waals surface area contributed by atoms with Crippen LogP contribution in [0.2, 0.25) is 5.02 Å². The molecule has 0 spiro atoms. The number of anilines is 1. The first-order valence-electron chi connectivity index (χ1n) is 4.79. The summed E-state index contributed by atoms with van der Waals surface area (Å²) in [6.45, 7) is 0. The van der Waals surface area contributed by atoms with Crippen molar-refractivity contribution >= 4 is 23.1 Å². The number of benzene rings is 1. The maximum atomic E-state index is 13.0. The van der Waals surface area contributed by atoms with Gasteiger partial charge in [0.25, 0.3) is 0 Å². The van der Waals surface area contributed by atoms with Crippen molar-refractivity contribution in [3.05, 3.63) is 58.6 Å². The van der Waals surface area contributed by atoms with E-state index in [2.05, 4.69) is 4.98 Å². The molecule has 17 heavy (non-hydrogen) atoms. The van der Waals surface area contributed by atoms with Crippen LogP contribution in [0.15, 0.2) is 36.7 Å². The molecule has 0 radical (unpaired) electrons. The highest BCUT2D eigenvalue weighted by atomic mass is 35.5. The molecule has 0 aliphatic carbocycles. The lowest BCUT2D eigenvalue weighted by molar-refractivity contribution is 0.103. The highest BCUT2D eigenvalue weighted by molar-refractivity contribution is 6.31. The highest BCUT2D eigenvalue weighted by Gasteiger charge is 2.13. The van der Waals surface area contributed by atoms with Gasteiger partial charge >= 0.3 is 0 Å². The van der Waals surface area contributed by atoms with Gasteiger partial charge in [-0.1, -0.05) is 11.6 Å². The molecule has 0 aliphatic heterocycles. The van der Waals surface area contributed by atoms with Crippen LogP contribution in [0.25, 0.3) is 0 Å². The van der Waals surface area contributed by atoms with Gasteiger partial charge < -0.3 is 5.73 Å². The lowest BCUT2D eigenvalue weighted by atomic mass is 10.0. The van der Waals surface area contributed by atoms with Crippen LogP contribution in [0, 0.1) is 5.82 Å². The van der Waals surface area contributed by atoms with Gasteiger partial charge in [0.05, 0.1) is 16.9 Å². The summed E-state index contributed by atoms with van der Waals surface area (Å²) < 4.78 is 13.0. The minimum absolute atomic E-state index is 0.0940. The summed E-state index contributed by atoms with van der Waals surface area (Å²) in [6, 6.07) is 5.30. The average Bonchev–Trinajstić information content (AvgIpc) is 2.32. The van der Waals surface area contributed by atoms with Crippen molar-refractivity contribution in [3.8, 4) is 0 Å². The Labute approximate surface area is 102 Å². The Hall–Kier alpha value is -1.94. The number of hydrogen-bond donors (Lipinski definition) is 1. The van der Waals surface area contributed by atoms with E-state index in [0.29, 0.717) is 5.56 Å². The van der Waals surface area contributed by atoms with Crippen LogP contribution in [0.4, 0.5) is 10.1 Å². The van der Waals surface area contributed by atoms with Crippen molar-refractivity contribution in [2.45, 2.75) is 0 Å². The number of rotatable bonds is 2. The summed E-state index contributed by atoms with van der Waals surface area (Å²) >= 11 is 5.61. The third-order valence-corrected chi connectivity index (χ3v) is 2.57. The van der Waals surface area contributed by atoms with Crippen molar-refractivity contribution in [2.75, 3.05) is 5.73 Å². The fourth-order valence-corrected chi connectivity index (χ4v) is 1.59. The van der Waals surface area contributed by atoms with E-state index in [0.717, 1.165) is 6.07 Å². The minimum Gasteiger partial charge on any atom is -0.397 e. The molecule has 1 aromatic heterocycles. The second kappa shape index (κ2) is 4.51. The third kappa shape index (κ3) is 2.26. The molecule has 0 fully saturated rings. The number of pyridine rings is 1. The third-order valence-electron chi connectivity index (χ3n) is 2.28. The lowest BCUT2D eigenvalue weighted by Crippen LogP contribution is -2.05. The molecular formula is C12H8ClFN2O. The number of halogens is 2. The summed E-state index contributed by atoms with van der Waals surface area (Å²) in [5.74, 6) is -0.877. The highest BCUT2D eigenvalue weighted by Crippen LogP contribution is 2.20. The standard InChI is InChI=1S/C12H8ClFN2O/c13-9-5-7(1-2-10(9)14)12(17)8-3-4-16-6-11(8)15/h1-6H,15H2. The Bertz CT molecular complexity index is 586. The van der Waals surface area contributed by atoms with Crippen LogP contribution in [-0.2, 0) is 0 Å². The Morgan fingerprint density at radius 2 is 2.12 bits per heavy atom. The first kappa shape index (κ1) is 11.5. The molecule has 1 heterocycles. The zero-order chi connectivity index (χ0) is 12.4. The summed E-state index contributed by atoms with van der Waals surface area (Å²) in [6.07, 6.45) is 2.85. The first-order valence-corrected chi connectivity index (χ1v) is 5.16. The summed E-state index contributed by atoms with van der Waals surface area (Å²) in [5.41, 5.74) is 6.52. The van der Waals surface area contributed by atoms with Gasteiger partial charge in [0.2, 0.25) is 0 Å². The van der Waals surface area contributed by atoms with Gasteiger partial charge in [0, 0.05) is 17.3 Å². The Morgan fingerprint density at radius 3 is 2.76 bits per heavy atom. The molecule has 0 atom stereocenters. The van der Waals surface area contributed by atoms with E-state index >= 15 is 0 Å². The molecule has 2 rings (SSSR count). The van der Waals surface area contributed by atoms with Crippen LogP contribution in [-0.4, -0.2) is 10.8 Å². The molecule has 0 amide bonds. The number of carbonyl (C=O) groups is 1. The van der Waals surface area contributed by atoms with E-state index < -0.39 is 5.82 Å². The predicted octanol–water partition coefficient (Wildman–Crippen LogP) is 2.69. The Kier molecular flexibility index (Phi) is 3.06. The van der Waals surface area contributed by atoms with Gasteiger partial charge in [0.15, 0.2) is 5.78 Å². The molecule has 1 aromatic carbocycles. The van der Waals surface area contributed by atoms with E-state index in [9.17, 15) is 9.18 Å². The van der Waals surface area contributed by atoms with Gasteiger partial charge in [-0.25, -0.2) is 4.39 Å². The number of carbonyl (C=O) groups excluding carboxylic acids is 1. The Morgan fingerprint density at radius 1 is 1.35 bits per heavy atom.